The molecule has 0 radical (unpaired) electrons. The summed E-state index contributed by atoms with van der Waals surface area (Å²) in [6.45, 7) is 2.32. The minimum absolute atomic E-state index is 0.00927. The maximum Gasteiger partial charge on any atom is 0.586 e. The number of amides is 1. The Labute approximate surface area is 172 Å². The summed E-state index contributed by atoms with van der Waals surface area (Å²) in [5, 5.41) is 6.66. The molecule has 5 nitrogen and oxygen atoms in total. The van der Waals surface area contributed by atoms with Gasteiger partial charge in [0.25, 0.3) is 0 Å². The highest BCUT2D eigenvalue weighted by atomic mass is 19.3. The molecule has 1 unspecified atom stereocenters. The average Bonchev–Trinajstić information content (AvgIpc) is 3.58. The third-order valence-corrected chi connectivity index (χ3v) is 7.14. The van der Waals surface area contributed by atoms with Crippen LogP contribution in [0, 0.1) is 5.41 Å². The second-order valence-electron chi connectivity index (χ2n) is 9.29. The summed E-state index contributed by atoms with van der Waals surface area (Å²) in [5.41, 5.74) is 3.48. The summed E-state index contributed by atoms with van der Waals surface area (Å²) in [6.07, 6.45) is 1.16. The van der Waals surface area contributed by atoms with Crippen molar-refractivity contribution in [1.82, 2.24) is 0 Å². The van der Waals surface area contributed by atoms with E-state index in [0.29, 0.717) is 29.9 Å². The lowest BCUT2D eigenvalue weighted by Crippen LogP contribution is -2.28. The Hall–Kier alpha value is -2.83. The van der Waals surface area contributed by atoms with E-state index in [4.69, 9.17) is 0 Å². The maximum atomic E-state index is 13.3. The van der Waals surface area contributed by atoms with Crippen molar-refractivity contribution >= 4 is 17.3 Å². The Morgan fingerprint density at radius 1 is 1.07 bits per heavy atom. The predicted molar refractivity (Wildman–Crippen MR) is 107 cm³/mol. The molecule has 0 bridgehead atoms. The molecular weight excluding hydrogens is 390 g/mol. The molecule has 4 aliphatic rings. The van der Waals surface area contributed by atoms with Crippen molar-refractivity contribution in [3.63, 3.8) is 0 Å². The van der Waals surface area contributed by atoms with Gasteiger partial charge in [0.1, 0.15) is 0 Å². The van der Waals surface area contributed by atoms with Crippen LogP contribution in [0.3, 0.4) is 0 Å². The van der Waals surface area contributed by atoms with E-state index in [-0.39, 0.29) is 17.4 Å². The van der Waals surface area contributed by atoms with E-state index < -0.39 is 11.7 Å². The van der Waals surface area contributed by atoms with Gasteiger partial charge in [0.2, 0.25) is 5.91 Å². The molecule has 7 heteroatoms. The van der Waals surface area contributed by atoms with E-state index in [2.05, 4.69) is 27.0 Å². The van der Waals surface area contributed by atoms with Gasteiger partial charge in [-0.2, -0.15) is 0 Å². The molecule has 2 fully saturated rings. The quantitative estimate of drug-likeness (QED) is 0.756. The van der Waals surface area contributed by atoms with Crippen LogP contribution in [-0.2, 0) is 16.6 Å². The number of anilines is 2. The minimum Gasteiger partial charge on any atom is -0.395 e. The highest BCUT2D eigenvalue weighted by Gasteiger charge is 2.53. The van der Waals surface area contributed by atoms with Crippen molar-refractivity contribution in [2.45, 2.75) is 56.8 Å². The van der Waals surface area contributed by atoms with Gasteiger partial charge in [-0.1, -0.05) is 13.0 Å². The lowest BCUT2D eigenvalue weighted by molar-refractivity contribution is -0.286. The van der Waals surface area contributed by atoms with Crippen molar-refractivity contribution in [1.29, 1.82) is 0 Å². The molecular formula is C23H22F2N2O3. The Kier molecular flexibility index (Phi) is 3.39. The van der Waals surface area contributed by atoms with Gasteiger partial charge in [0.15, 0.2) is 11.5 Å². The monoisotopic (exact) mass is 412 g/mol. The van der Waals surface area contributed by atoms with Crippen LogP contribution in [-0.4, -0.2) is 18.2 Å². The summed E-state index contributed by atoms with van der Waals surface area (Å²) in [6, 6.07) is 11.1. The molecule has 6 rings (SSSR count). The fourth-order valence-corrected chi connectivity index (χ4v) is 4.68. The Bertz CT molecular complexity index is 1080. The number of halogens is 2. The fraction of sp³-hybridized carbons (Fsp3) is 0.435. The van der Waals surface area contributed by atoms with Crippen LogP contribution < -0.4 is 20.1 Å². The zero-order valence-corrected chi connectivity index (χ0v) is 16.6. The first-order valence-electron chi connectivity index (χ1n) is 10.4. The first-order valence-corrected chi connectivity index (χ1v) is 10.4. The number of alkyl halides is 2. The van der Waals surface area contributed by atoms with Gasteiger partial charge in [-0.3, -0.25) is 4.79 Å². The van der Waals surface area contributed by atoms with E-state index in [1.165, 1.54) is 30.5 Å². The second kappa shape index (κ2) is 5.65. The van der Waals surface area contributed by atoms with Crippen LogP contribution >= 0.6 is 0 Å². The van der Waals surface area contributed by atoms with Gasteiger partial charge >= 0.3 is 6.29 Å². The van der Waals surface area contributed by atoms with Crippen molar-refractivity contribution in [2.24, 2.45) is 5.41 Å². The van der Waals surface area contributed by atoms with Crippen LogP contribution in [0.15, 0.2) is 36.4 Å². The normalized spacial score (nSPS) is 25.2. The molecule has 30 heavy (non-hydrogen) atoms. The van der Waals surface area contributed by atoms with E-state index >= 15 is 0 Å². The summed E-state index contributed by atoms with van der Waals surface area (Å²) < 4.78 is 35.6. The van der Waals surface area contributed by atoms with Gasteiger partial charge in [0.05, 0.1) is 5.41 Å². The number of rotatable bonds is 4. The summed E-state index contributed by atoms with van der Waals surface area (Å²) in [7, 11) is 0. The standard InChI is InChI=1S/C23H22F2N2O3/c1-21(6-7-21)19-11-13-10-15(3-4-16(13)27-19)26-20(28)22(8-9-22)14-2-5-17-18(12-14)30-23(24,25)29-17/h2-5,10,12,19,27H,6-9,11H2,1H3,(H,26,28). The number of carbonyl (C=O) groups is 1. The van der Waals surface area contributed by atoms with Gasteiger partial charge in [-0.25, -0.2) is 0 Å². The zero-order valence-electron chi connectivity index (χ0n) is 16.6. The molecule has 2 aromatic carbocycles. The number of hydrogen-bond acceptors (Lipinski definition) is 4. The van der Waals surface area contributed by atoms with Crippen LogP contribution in [0.5, 0.6) is 11.5 Å². The topological polar surface area (TPSA) is 59.6 Å². The molecule has 0 saturated heterocycles. The molecule has 0 spiro atoms. The van der Waals surface area contributed by atoms with E-state index in [0.717, 1.165) is 17.8 Å². The molecule has 2 aliphatic heterocycles. The lowest BCUT2D eigenvalue weighted by Gasteiger charge is -2.18. The Morgan fingerprint density at radius 3 is 2.57 bits per heavy atom. The van der Waals surface area contributed by atoms with Crippen LogP contribution in [0.25, 0.3) is 0 Å². The average molecular weight is 412 g/mol. The molecule has 2 aliphatic carbocycles. The Balaban J connectivity index is 1.20. The molecule has 2 aromatic rings. The van der Waals surface area contributed by atoms with Gasteiger partial charge in [0, 0.05) is 17.4 Å². The molecule has 1 atom stereocenters. The summed E-state index contributed by atoms with van der Waals surface area (Å²) >= 11 is 0. The molecule has 2 heterocycles. The van der Waals surface area contributed by atoms with Crippen molar-refractivity contribution < 1.29 is 23.0 Å². The number of carbonyl (C=O) groups excluding carboxylic acids is 1. The lowest BCUT2D eigenvalue weighted by atomic mass is 9.94. The van der Waals surface area contributed by atoms with E-state index in [1.54, 1.807) is 6.07 Å². The molecule has 156 valence electrons. The first kappa shape index (κ1) is 18.0. The van der Waals surface area contributed by atoms with Gasteiger partial charge in [-0.15, -0.1) is 8.78 Å². The summed E-state index contributed by atoms with van der Waals surface area (Å²) in [5.74, 6) is -0.158. The van der Waals surface area contributed by atoms with Gasteiger partial charge < -0.3 is 20.1 Å². The number of nitrogens with one attached hydrogen (secondary N) is 2. The number of fused-ring (bicyclic) bond motifs is 2. The smallest absolute Gasteiger partial charge is 0.395 e. The number of ether oxygens (including phenoxy) is 2. The van der Waals surface area contributed by atoms with Crippen molar-refractivity contribution in [3.8, 4) is 11.5 Å². The molecule has 2 N–H and O–H groups in total. The largest absolute Gasteiger partial charge is 0.586 e. The van der Waals surface area contributed by atoms with Crippen LogP contribution in [0.1, 0.15) is 43.7 Å². The molecule has 0 aromatic heterocycles. The fourth-order valence-electron chi connectivity index (χ4n) is 4.68. The Morgan fingerprint density at radius 2 is 1.83 bits per heavy atom. The van der Waals surface area contributed by atoms with Crippen LogP contribution in [0.2, 0.25) is 0 Å². The summed E-state index contributed by atoms with van der Waals surface area (Å²) in [4.78, 5) is 13.1. The van der Waals surface area contributed by atoms with E-state index in [9.17, 15) is 13.6 Å². The van der Waals surface area contributed by atoms with E-state index in [1.807, 2.05) is 18.2 Å². The molecule has 2 saturated carbocycles. The maximum absolute atomic E-state index is 13.3. The second-order valence-corrected chi connectivity index (χ2v) is 9.29. The van der Waals surface area contributed by atoms with Crippen molar-refractivity contribution in [2.75, 3.05) is 10.6 Å². The SMILES string of the molecule is CC1(C2Cc3cc(NC(=O)C4(c5ccc6c(c5)OC(F)(F)O6)CC4)ccc3N2)CC1. The van der Waals surface area contributed by atoms with Crippen molar-refractivity contribution in [3.05, 3.63) is 47.5 Å². The third kappa shape index (κ3) is 2.75. The zero-order chi connectivity index (χ0) is 20.7. The number of hydrogen-bond donors (Lipinski definition) is 2. The predicted octanol–water partition coefficient (Wildman–Crippen LogP) is 4.82. The van der Waals surface area contributed by atoms with Gasteiger partial charge in [-0.05, 0) is 79.0 Å². The van der Waals surface area contributed by atoms with Crippen LogP contribution in [0.4, 0.5) is 20.2 Å². The molecule has 1 amide bonds. The highest BCUT2D eigenvalue weighted by molar-refractivity contribution is 6.01. The minimum atomic E-state index is -3.66. The highest BCUT2D eigenvalue weighted by Crippen LogP contribution is 2.53. The number of benzene rings is 2. The third-order valence-electron chi connectivity index (χ3n) is 7.14. The first-order chi connectivity index (χ1) is 14.3.